The molecule has 1 saturated carbocycles. The van der Waals surface area contributed by atoms with Crippen molar-refractivity contribution in [3.05, 3.63) is 29.8 Å². The summed E-state index contributed by atoms with van der Waals surface area (Å²) in [5.74, 6) is 1.17. The summed E-state index contributed by atoms with van der Waals surface area (Å²) < 4.78 is 0.779. The smallest absolute Gasteiger partial charge is 0.193 e. The van der Waals surface area contributed by atoms with Crippen LogP contribution in [0.5, 0.6) is 0 Å². The van der Waals surface area contributed by atoms with Crippen LogP contribution in [0.15, 0.2) is 24.3 Å². The van der Waals surface area contributed by atoms with Crippen LogP contribution >= 0.6 is 0 Å². The summed E-state index contributed by atoms with van der Waals surface area (Å²) in [4.78, 5) is 2.44. The second-order valence-electron chi connectivity index (χ2n) is 9.58. The fourth-order valence-electron chi connectivity index (χ4n) is 8.58. The molecule has 5 fully saturated rings. The summed E-state index contributed by atoms with van der Waals surface area (Å²) in [6, 6.07) is 9.87. The lowest BCUT2D eigenvalue weighted by atomic mass is 9.61. The summed E-state index contributed by atoms with van der Waals surface area (Å²) >= 11 is 0. The van der Waals surface area contributed by atoms with Crippen molar-refractivity contribution >= 4 is 5.69 Å². The number of likely N-dealkylation sites (N-methyl/N-ethyl adjacent to an activating group) is 2. The van der Waals surface area contributed by atoms with Crippen LogP contribution in [0, 0.1) is 17.8 Å². The number of nitrogens with zero attached hydrogens (tertiary/aromatic N) is 2. The minimum atomic E-state index is -0.273. The number of aliphatic hydroxyl groups excluding tert-OH is 2. The Balaban J connectivity index is 1.63. The first-order valence-electron chi connectivity index (χ1n) is 10.0. The van der Waals surface area contributed by atoms with Gasteiger partial charge < -0.3 is 15.1 Å². The maximum atomic E-state index is 11.7. The Kier molecular flexibility index (Phi) is 2.54. The van der Waals surface area contributed by atoms with Gasteiger partial charge in [-0.25, -0.2) is 0 Å². The van der Waals surface area contributed by atoms with Gasteiger partial charge in [0, 0.05) is 37.4 Å². The van der Waals surface area contributed by atoms with E-state index in [0.717, 1.165) is 23.7 Å². The predicted octanol–water partition coefficient (Wildman–Crippen LogP) is 1.70. The number of fused-ring (bicyclic) bond motifs is 2. The third-order valence-electron chi connectivity index (χ3n) is 9.39. The summed E-state index contributed by atoms with van der Waals surface area (Å²) in [6.07, 6.45) is 2.67. The summed E-state index contributed by atoms with van der Waals surface area (Å²) in [6.45, 7) is 2.21. The Hall–Kier alpha value is -1.10. The monoisotopic (exact) mass is 341 g/mol. The zero-order chi connectivity index (χ0) is 17.3. The summed E-state index contributed by atoms with van der Waals surface area (Å²) in [7, 11) is 4.51. The first-order chi connectivity index (χ1) is 12.0. The van der Waals surface area contributed by atoms with Crippen molar-refractivity contribution in [3.8, 4) is 0 Å². The third kappa shape index (κ3) is 1.27. The van der Waals surface area contributed by atoms with Crippen molar-refractivity contribution in [2.24, 2.45) is 17.8 Å². The van der Waals surface area contributed by atoms with Gasteiger partial charge >= 0.3 is 0 Å². The van der Waals surface area contributed by atoms with Crippen molar-refractivity contribution in [2.75, 3.05) is 19.0 Å². The highest BCUT2D eigenvalue weighted by molar-refractivity contribution is 5.66. The highest BCUT2D eigenvalue weighted by atomic mass is 16.3. The molecule has 10 atom stereocenters. The fourth-order valence-corrected chi connectivity index (χ4v) is 8.58. The number of hydrogen-bond acceptors (Lipinski definition) is 3. The zero-order valence-corrected chi connectivity index (χ0v) is 15.3. The van der Waals surface area contributed by atoms with Gasteiger partial charge in [-0.1, -0.05) is 25.1 Å². The molecule has 0 radical (unpaired) electrons. The molecule has 4 heteroatoms. The minimum Gasteiger partial charge on any atom is -0.392 e. The third-order valence-corrected chi connectivity index (χ3v) is 9.39. The number of benzene rings is 1. The molecule has 134 valence electrons. The molecule has 5 bridgehead atoms. The zero-order valence-electron chi connectivity index (χ0n) is 15.3. The SMILES string of the molecule is CC[C@@H]1[C@H]2C[C@H]3[C@@H]4N(C)c5ccccc5[C@@]45C[C@@H]([C@@H]2[C@@H]5O)[N@+]3(C)[C@H]1O. The van der Waals surface area contributed by atoms with Gasteiger partial charge in [-0.05, 0) is 24.0 Å². The van der Waals surface area contributed by atoms with Gasteiger partial charge in [0.15, 0.2) is 6.23 Å². The number of anilines is 1. The van der Waals surface area contributed by atoms with Crippen molar-refractivity contribution in [2.45, 2.75) is 62.1 Å². The maximum Gasteiger partial charge on any atom is 0.193 e. The molecule has 1 aliphatic carbocycles. The number of piperidine rings is 4. The van der Waals surface area contributed by atoms with E-state index in [1.54, 1.807) is 0 Å². The lowest BCUT2D eigenvalue weighted by molar-refractivity contribution is -1.02. The largest absolute Gasteiger partial charge is 0.392 e. The average molecular weight is 341 g/mol. The van der Waals surface area contributed by atoms with E-state index in [4.69, 9.17) is 0 Å². The fraction of sp³-hybridized carbons (Fsp3) is 0.714. The quantitative estimate of drug-likeness (QED) is 0.764. The second-order valence-corrected chi connectivity index (χ2v) is 9.58. The van der Waals surface area contributed by atoms with E-state index in [1.165, 1.54) is 11.3 Å². The van der Waals surface area contributed by atoms with Crippen LogP contribution in [0.1, 0.15) is 31.7 Å². The molecule has 25 heavy (non-hydrogen) atoms. The molecule has 4 nitrogen and oxygen atoms in total. The van der Waals surface area contributed by atoms with Gasteiger partial charge in [0.1, 0.15) is 6.04 Å². The maximum absolute atomic E-state index is 11.7. The van der Waals surface area contributed by atoms with E-state index in [9.17, 15) is 10.2 Å². The summed E-state index contributed by atoms with van der Waals surface area (Å²) in [5, 5.41) is 23.1. The molecule has 1 aromatic rings. The van der Waals surface area contributed by atoms with Gasteiger partial charge in [0.2, 0.25) is 0 Å². The van der Waals surface area contributed by atoms with Crippen molar-refractivity contribution in [1.82, 2.24) is 0 Å². The highest BCUT2D eigenvalue weighted by Crippen LogP contribution is 2.70. The van der Waals surface area contributed by atoms with Gasteiger partial charge in [0.05, 0.1) is 30.7 Å². The summed E-state index contributed by atoms with van der Waals surface area (Å²) in [5.41, 5.74) is 2.54. The number of para-hydroxylation sites is 1. The highest BCUT2D eigenvalue weighted by Gasteiger charge is 2.82. The molecule has 5 heterocycles. The molecule has 2 N–H and O–H groups in total. The molecule has 4 saturated heterocycles. The molecule has 5 aliphatic heterocycles. The van der Waals surface area contributed by atoms with Crippen LogP contribution in [0.2, 0.25) is 0 Å². The standard InChI is InChI=1S/C21H29N2O2/c1-4-11-12-9-15-18-21(13-7-5-6-8-14(13)22(18)2)10-16(17(12)19(21)24)23(15,3)20(11)25/h5-8,11-12,15-20,24-25H,4,9-10H2,1-3H3/q+1/t11-,12-,15+,16+,17-,18+,19+,20+,21+,23-/m1/s1. The Bertz CT molecular complexity index is 768. The predicted molar refractivity (Wildman–Crippen MR) is 96.1 cm³/mol. The molecule has 1 aromatic carbocycles. The lowest BCUT2D eigenvalue weighted by Gasteiger charge is -2.66. The van der Waals surface area contributed by atoms with E-state index in [0.29, 0.717) is 35.9 Å². The van der Waals surface area contributed by atoms with E-state index < -0.39 is 0 Å². The van der Waals surface area contributed by atoms with Crippen molar-refractivity contribution in [3.63, 3.8) is 0 Å². The molecule has 0 amide bonds. The van der Waals surface area contributed by atoms with Crippen molar-refractivity contribution < 1.29 is 14.7 Å². The van der Waals surface area contributed by atoms with Crippen LogP contribution < -0.4 is 4.90 Å². The van der Waals surface area contributed by atoms with Crippen molar-refractivity contribution in [1.29, 1.82) is 0 Å². The van der Waals surface area contributed by atoms with E-state index in [-0.39, 0.29) is 17.7 Å². The first-order valence-corrected chi connectivity index (χ1v) is 10.0. The molecule has 7 rings (SSSR count). The average Bonchev–Trinajstić information content (AvgIpc) is 2.99. The first kappa shape index (κ1) is 15.0. The number of hydrogen-bond donors (Lipinski definition) is 2. The van der Waals surface area contributed by atoms with Gasteiger partial charge in [-0.15, -0.1) is 0 Å². The van der Waals surface area contributed by atoms with Gasteiger partial charge in [-0.3, -0.25) is 4.48 Å². The Morgan fingerprint density at radius 1 is 1.24 bits per heavy atom. The molecule has 0 aromatic heterocycles. The van der Waals surface area contributed by atoms with Crippen LogP contribution in [0.4, 0.5) is 5.69 Å². The Morgan fingerprint density at radius 2 is 2.00 bits per heavy atom. The van der Waals surface area contributed by atoms with Crippen LogP contribution in [-0.2, 0) is 5.41 Å². The lowest BCUT2D eigenvalue weighted by Crippen LogP contribution is -2.81. The molecular weight excluding hydrogens is 312 g/mol. The van der Waals surface area contributed by atoms with E-state index in [2.05, 4.69) is 50.2 Å². The van der Waals surface area contributed by atoms with Crippen LogP contribution in [0.3, 0.4) is 0 Å². The molecule has 6 aliphatic rings. The van der Waals surface area contributed by atoms with E-state index >= 15 is 0 Å². The van der Waals surface area contributed by atoms with Crippen LogP contribution in [0.25, 0.3) is 0 Å². The van der Waals surface area contributed by atoms with E-state index in [1.807, 2.05) is 0 Å². The minimum absolute atomic E-state index is 0.125. The molecule has 1 spiro atoms. The van der Waals surface area contributed by atoms with Gasteiger partial charge in [0.25, 0.3) is 0 Å². The number of rotatable bonds is 1. The Morgan fingerprint density at radius 3 is 2.76 bits per heavy atom. The molecule has 0 unspecified atom stereocenters. The number of quaternary nitrogens is 1. The Labute approximate surface area is 149 Å². The molecular formula is C21H29N2O2+. The normalized spacial score (nSPS) is 57.1. The topological polar surface area (TPSA) is 43.7 Å². The van der Waals surface area contributed by atoms with Crippen LogP contribution in [-0.4, -0.2) is 59.2 Å². The second kappa shape index (κ2) is 4.24. The van der Waals surface area contributed by atoms with Gasteiger partial charge in [-0.2, -0.15) is 0 Å². The number of aliphatic hydroxyl groups is 2.